The maximum Gasteiger partial charge on any atom is 0.234 e. The van der Waals surface area contributed by atoms with Gasteiger partial charge in [0.25, 0.3) is 0 Å². The first-order valence-corrected chi connectivity index (χ1v) is 11.3. The van der Waals surface area contributed by atoms with Gasteiger partial charge in [0.15, 0.2) is 0 Å². The number of nitrogens with zero attached hydrogens (tertiary/aromatic N) is 2. The molecule has 3 N–H and O–H groups in total. The maximum absolute atomic E-state index is 15.2. The number of piperidine rings is 1. The molecule has 0 radical (unpaired) electrons. The van der Waals surface area contributed by atoms with Crippen molar-refractivity contribution in [3.8, 4) is 0 Å². The Hall–Kier alpha value is -1.99. The molecule has 3 fully saturated rings. The number of hydrogen-bond acceptors (Lipinski definition) is 5. The maximum atomic E-state index is 15.2. The van der Waals surface area contributed by atoms with Crippen molar-refractivity contribution in [2.75, 3.05) is 37.6 Å². The highest BCUT2D eigenvalue weighted by atomic mass is 19.1. The minimum Gasteiger partial charge on any atom is -0.367 e. The van der Waals surface area contributed by atoms with Crippen molar-refractivity contribution in [3.05, 3.63) is 29.1 Å². The monoisotopic (exact) mass is 416 g/mol. The van der Waals surface area contributed by atoms with Crippen molar-refractivity contribution in [1.29, 1.82) is 0 Å². The van der Waals surface area contributed by atoms with Crippen molar-refractivity contribution in [1.82, 2.24) is 10.2 Å². The topological polar surface area (TPSA) is 78.7 Å². The van der Waals surface area contributed by atoms with E-state index in [0.717, 1.165) is 51.5 Å². The molecule has 164 valence electrons. The minimum absolute atomic E-state index is 0.244. The lowest BCUT2D eigenvalue weighted by atomic mass is 9.86. The zero-order valence-corrected chi connectivity index (χ0v) is 17.8. The second-order valence-corrected chi connectivity index (χ2v) is 9.19. The molecule has 0 aromatic heterocycles. The largest absolute Gasteiger partial charge is 0.367 e. The first-order chi connectivity index (χ1) is 14.4. The van der Waals surface area contributed by atoms with Gasteiger partial charge < -0.3 is 10.6 Å². The van der Waals surface area contributed by atoms with E-state index in [4.69, 9.17) is 5.73 Å². The number of carbonyl (C=O) groups excluding carboxylic acids is 2. The molecule has 3 aliphatic rings. The fourth-order valence-corrected chi connectivity index (χ4v) is 5.21. The minimum atomic E-state index is -0.452. The first kappa shape index (κ1) is 21.2. The molecule has 0 bridgehead atoms. The molecule has 4 rings (SSSR count). The Kier molecular flexibility index (Phi) is 6.39. The van der Waals surface area contributed by atoms with Crippen molar-refractivity contribution < 1.29 is 14.0 Å². The molecule has 1 unspecified atom stereocenters. The molecule has 2 amide bonds. The van der Waals surface area contributed by atoms with Crippen LogP contribution in [0.1, 0.15) is 55.6 Å². The summed E-state index contributed by atoms with van der Waals surface area (Å²) >= 11 is 0. The Bertz CT molecular complexity index is 799. The molecule has 2 saturated heterocycles. The Morgan fingerprint density at radius 1 is 1.07 bits per heavy atom. The van der Waals surface area contributed by atoms with Gasteiger partial charge in [-0.2, -0.15) is 0 Å². The molecule has 2 heterocycles. The molecule has 1 atom stereocenters. The smallest absolute Gasteiger partial charge is 0.234 e. The van der Waals surface area contributed by atoms with Crippen molar-refractivity contribution >= 4 is 17.5 Å². The average molecular weight is 417 g/mol. The summed E-state index contributed by atoms with van der Waals surface area (Å²) in [7, 11) is 0. The van der Waals surface area contributed by atoms with Crippen LogP contribution in [0.25, 0.3) is 0 Å². The Labute approximate surface area is 178 Å². The van der Waals surface area contributed by atoms with Gasteiger partial charge in [-0.15, -0.1) is 0 Å². The van der Waals surface area contributed by atoms with E-state index >= 15 is 4.39 Å². The summed E-state index contributed by atoms with van der Waals surface area (Å²) in [6, 6.07) is 4.05. The molecule has 1 aliphatic carbocycles. The van der Waals surface area contributed by atoms with Gasteiger partial charge >= 0.3 is 0 Å². The second kappa shape index (κ2) is 9.02. The molecule has 6 nitrogen and oxygen atoms in total. The molecule has 1 saturated carbocycles. The lowest BCUT2D eigenvalue weighted by molar-refractivity contribution is -0.134. The van der Waals surface area contributed by atoms with Crippen LogP contribution in [-0.2, 0) is 9.59 Å². The van der Waals surface area contributed by atoms with E-state index in [2.05, 4.69) is 15.1 Å². The van der Waals surface area contributed by atoms with E-state index in [-0.39, 0.29) is 17.6 Å². The number of piperazine rings is 1. The molecular formula is C23H33FN4O2. The number of imide groups is 1. The predicted molar refractivity (Wildman–Crippen MR) is 115 cm³/mol. The molecule has 2 aliphatic heterocycles. The van der Waals surface area contributed by atoms with Gasteiger partial charge in [-0.25, -0.2) is 4.39 Å². The van der Waals surface area contributed by atoms with Crippen molar-refractivity contribution in [2.24, 2.45) is 11.7 Å². The van der Waals surface area contributed by atoms with Crippen LogP contribution in [0.3, 0.4) is 0 Å². The summed E-state index contributed by atoms with van der Waals surface area (Å²) in [6.45, 7) is 6.35. The van der Waals surface area contributed by atoms with Crippen LogP contribution in [0.4, 0.5) is 10.1 Å². The third-order valence-corrected chi connectivity index (χ3v) is 7.14. The van der Waals surface area contributed by atoms with E-state index < -0.39 is 5.92 Å². The lowest BCUT2D eigenvalue weighted by Crippen LogP contribution is -2.48. The van der Waals surface area contributed by atoms with E-state index in [1.54, 1.807) is 13.0 Å². The number of anilines is 1. The summed E-state index contributed by atoms with van der Waals surface area (Å²) in [5, 5.41) is 2.37. The van der Waals surface area contributed by atoms with Gasteiger partial charge in [-0.3, -0.25) is 19.8 Å². The van der Waals surface area contributed by atoms with Crippen LogP contribution in [0.5, 0.6) is 0 Å². The quantitative estimate of drug-likeness (QED) is 0.737. The zero-order valence-electron chi connectivity index (χ0n) is 17.8. The SMILES string of the molecule is Cc1c(C2CCC(=O)NC2=O)ccc(N2CCN(CC3CCC(N)CC3)CC2)c1F. The molecule has 1 aromatic rings. The third-order valence-electron chi connectivity index (χ3n) is 7.14. The van der Waals surface area contributed by atoms with Gasteiger partial charge in [-0.05, 0) is 62.1 Å². The predicted octanol–water partition coefficient (Wildman–Crippen LogP) is 2.29. The molecule has 30 heavy (non-hydrogen) atoms. The number of benzene rings is 1. The van der Waals surface area contributed by atoms with E-state index in [9.17, 15) is 9.59 Å². The van der Waals surface area contributed by atoms with E-state index in [0.29, 0.717) is 35.7 Å². The van der Waals surface area contributed by atoms with Crippen LogP contribution in [0.2, 0.25) is 0 Å². The number of halogens is 1. The number of carbonyl (C=O) groups is 2. The fourth-order valence-electron chi connectivity index (χ4n) is 5.21. The van der Waals surface area contributed by atoms with Crippen LogP contribution < -0.4 is 16.0 Å². The fraction of sp³-hybridized carbons (Fsp3) is 0.652. The first-order valence-electron chi connectivity index (χ1n) is 11.3. The highest BCUT2D eigenvalue weighted by molar-refractivity contribution is 6.01. The average Bonchev–Trinajstić information content (AvgIpc) is 2.73. The highest BCUT2D eigenvalue weighted by Crippen LogP contribution is 2.33. The standard InChI is InChI=1S/C23H33FN4O2/c1-15-18(19-7-9-21(29)26-23(19)30)6-8-20(22(15)24)28-12-10-27(11-13-28)14-16-2-4-17(25)5-3-16/h6,8,16-17,19H,2-5,7,9-14,25H2,1H3,(H,26,29,30). The second-order valence-electron chi connectivity index (χ2n) is 9.19. The van der Waals surface area contributed by atoms with Crippen LogP contribution in [0, 0.1) is 18.7 Å². The number of nitrogens with two attached hydrogens (primary N) is 1. The zero-order chi connectivity index (χ0) is 21.3. The van der Waals surface area contributed by atoms with Crippen molar-refractivity contribution in [3.63, 3.8) is 0 Å². The van der Waals surface area contributed by atoms with Gasteiger partial charge in [0.05, 0.1) is 11.6 Å². The summed E-state index contributed by atoms with van der Waals surface area (Å²) in [5.41, 5.74) is 7.84. The molecule has 0 spiro atoms. The summed E-state index contributed by atoms with van der Waals surface area (Å²) < 4.78 is 15.2. The van der Waals surface area contributed by atoms with Gasteiger partial charge in [0.1, 0.15) is 5.82 Å². The third kappa shape index (κ3) is 4.52. The van der Waals surface area contributed by atoms with E-state index in [1.807, 2.05) is 6.07 Å². The Morgan fingerprint density at radius 3 is 2.43 bits per heavy atom. The van der Waals surface area contributed by atoms with Gasteiger partial charge in [-0.1, -0.05) is 6.07 Å². The van der Waals surface area contributed by atoms with E-state index in [1.165, 1.54) is 12.8 Å². The van der Waals surface area contributed by atoms with Crippen LogP contribution in [-0.4, -0.2) is 55.5 Å². The van der Waals surface area contributed by atoms with Crippen molar-refractivity contribution in [2.45, 2.75) is 57.4 Å². The van der Waals surface area contributed by atoms with Crippen LogP contribution >= 0.6 is 0 Å². The highest BCUT2D eigenvalue weighted by Gasteiger charge is 2.31. The number of nitrogens with one attached hydrogen (secondary N) is 1. The summed E-state index contributed by atoms with van der Waals surface area (Å²) in [4.78, 5) is 28.2. The molecular weight excluding hydrogens is 383 g/mol. The Balaban J connectivity index is 1.37. The number of rotatable bonds is 4. The number of amides is 2. The molecule has 7 heteroatoms. The Morgan fingerprint density at radius 2 is 1.77 bits per heavy atom. The normalized spacial score (nSPS) is 28.5. The summed E-state index contributed by atoms with van der Waals surface area (Å²) in [6.07, 6.45) is 5.44. The lowest BCUT2D eigenvalue weighted by Gasteiger charge is -2.39. The number of hydrogen-bond donors (Lipinski definition) is 2. The summed E-state index contributed by atoms with van der Waals surface area (Å²) in [5.74, 6) is -0.527. The van der Waals surface area contributed by atoms with Gasteiger partial charge in [0.2, 0.25) is 11.8 Å². The van der Waals surface area contributed by atoms with Crippen LogP contribution in [0.15, 0.2) is 12.1 Å². The molecule has 1 aromatic carbocycles. The van der Waals surface area contributed by atoms with Gasteiger partial charge in [0, 0.05) is 45.2 Å².